The first-order chi connectivity index (χ1) is 6.93. The Balaban J connectivity index is 2.88. The van der Waals surface area contributed by atoms with Crippen molar-refractivity contribution in [2.45, 2.75) is 6.18 Å². The van der Waals surface area contributed by atoms with Gasteiger partial charge in [-0.05, 0) is 18.2 Å². The summed E-state index contributed by atoms with van der Waals surface area (Å²) in [5.74, 6) is -1.25. The highest BCUT2D eigenvalue weighted by Crippen LogP contribution is 2.31. The summed E-state index contributed by atoms with van der Waals surface area (Å²) in [6.45, 7) is -0.879. The molecule has 0 fully saturated rings. The smallest absolute Gasteiger partial charge is 0.416 e. The largest absolute Gasteiger partial charge is 0.425 e. The van der Waals surface area contributed by atoms with Gasteiger partial charge in [0.15, 0.2) is 0 Å². The molecule has 0 aliphatic carbocycles. The van der Waals surface area contributed by atoms with Crippen molar-refractivity contribution in [2.75, 3.05) is 6.61 Å². The molecule has 0 heterocycles. The van der Waals surface area contributed by atoms with Crippen molar-refractivity contribution in [2.24, 2.45) is 0 Å². The summed E-state index contributed by atoms with van der Waals surface area (Å²) in [7, 11) is 0. The third-order valence-electron chi connectivity index (χ3n) is 1.52. The summed E-state index contributed by atoms with van der Waals surface area (Å²) < 4.78 is 41.0. The van der Waals surface area contributed by atoms with E-state index in [0.29, 0.717) is 6.07 Å². The standard InChI is InChI=1S/C9H7F3O3/c10-9(11,12)6-2-1-3-7(4-6)15-8(14)5-13/h1-4,13H,5H2. The fraction of sp³-hybridized carbons (Fsp3) is 0.222. The van der Waals surface area contributed by atoms with Gasteiger partial charge >= 0.3 is 12.1 Å². The van der Waals surface area contributed by atoms with Crippen molar-refractivity contribution in [3.8, 4) is 5.75 Å². The summed E-state index contributed by atoms with van der Waals surface area (Å²) in [6.07, 6.45) is -4.48. The van der Waals surface area contributed by atoms with Crippen LogP contribution in [0.3, 0.4) is 0 Å². The van der Waals surface area contributed by atoms with E-state index in [2.05, 4.69) is 4.74 Å². The van der Waals surface area contributed by atoms with Crippen LogP contribution in [0.2, 0.25) is 0 Å². The van der Waals surface area contributed by atoms with E-state index >= 15 is 0 Å². The van der Waals surface area contributed by atoms with Gasteiger partial charge in [0.1, 0.15) is 12.4 Å². The Labute approximate surface area is 83.1 Å². The summed E-state index contributed by atoms with van der Waals surface area (Å²) in [5.41, 5.74) is -0.911. The van der Waals surface area contributed by atoms with Crippen molar-refractivity contribution in [3.05, 3.63) is 29.8 Å². The van der Waals surface area contributed by atoms with Gasteiger partial charge in [-0.1, -0.05) is 6.07 Å². The normalized spacial score (nSPS) is 11.2. The average molecular weight is 220 g/mol. The predicted octanol–water partition coefficient (Wildman–Crippen LogP) is 1.60. The SMILES string of the molecule is O=C(CO)Oc1cccc(C(F)(F)F)c1. The van der Waals surface area contributed by atoms with Gasteiger partial charge in [0.25, 0.3) is 0 Å². The third-order valence-corrected chi connectivity index (χ3v) is 1.52. The molecule has 15 heavy (non-hydrogen) atoms. The van der Waals surface area contributed by atoms with Crippen LogP contribution in [0, 0.1) is 0 Å². The van der Waals surface area contributed by atoms with Crippen LogP contribution in [0.15, 0.2) is 24.3 Å². The Morgan fingerprint density at radius 1 is 1.40 bits per heavy atom. The Bertz CT molecular complexity index is 360. The van der Waals surface area contributed by atoms with Crippen molar-refractivity contribution in [3.63, 3.8) is 0 Å². The number of aliphatic hydroxyl groups is 1. The molecule has 1 rings (SSSR count). The molecule has 0 aliphatic rings. The van der Waals surface area contributed by atoms with Crippen LogP contribution in [-0.4, -0.2) is 17.7 Å². The minimum Gasteiger partial charge on any atom is -0.425 e. The summed E-state index contributed by atoms with van der Waals surface area (Å²) >= 11 is 0. The molecule has 0 saturated heterocycles. The number of carbonyl (C=O) groups excluding carboxylic acids is 1. The maximum atomic E-state index is 12.2. The number of rotatable bonds is 2. The minimum absolute atomic E-state index is 0.246. The zero-order chi connectivity index (χ0) is 11.5. The molecular formula is C9H7F3O3. The van der Waals surface area contributed by atoms with Gasteiger partial charge in [-0.25, -0.2) is 4.79 Å². The molecule has 0 atom stereocenters. The summed E-state index contributed by atoms with van der Waals surface area (Å²) in [5, 5.41) is 8.33. The number of hydrogen-bond donors (Lipinski definition) is 1. The highest BCUT2D eigenvalue weighted by Gasteiger charge is 2.30. The lowest BCUT2D eigenvalue weighted by Crippen LogP contribution is -2.13. The van der Waals surface area contributed by atoms with Gasteiger partial charge in [-0.2, -0.15) is 13.2 Å². The molecule has 82 valence electrons. The number of alkyl halides is 3. The summed E-state index contributed by atoms with van der Waals surface area (Å²) in [6, 6.07) is 3.86. The van der Waals surface area contributed by atoms with E-state index in [-0.39, 0.29) is 5.75 Å². The van der Waals surface area contributed by atoms with E-state index in [9.17, 15) is 18.0 Å². The molecule has 0 saturated carbocycles. The molecule has 0 spiro atoms. The molecule has 0 unspecified atom stereocenters. The highest BCUT2D eigenvalue weighted by atomic mass is 19.4. The lowest BCUT2D eigenvalue weighted by atomic mass is 10.2. The second-order valence-electron chi connectivity index (χ2n) is 2.66. The van der Waals surface area contributed by atoms with Crippen molar-refractivity contribution < 1.29 is 27.8 Å². The average Bonchev–Trinajstić information content (AvgIpc) is 2.17. The van der Waals surface area contributed by atoms with Crippen LogP contribution in [0.25, 0.3) is 0 Å². The minimum atomic E-state index is -4.48. The van der Waals surface area contributed by atoms with Crippen LogP contribution in [0.1, 0.15) is 5.56 Å². The summed E-state index contributed by atoms with van der Waals surface area (Å²) in [4.78, 5) is 10.6. The molecule has 1 aromatic carbocycles. The van der Waals surface area contributed by atoms with Gasteiger partial charge in [-0.15, -0.1) is 0 Å². The Hall–Kier alpha value is -1.56. The molecule has 1 aromatic rings. The quantitative estimate of drug-likeness (QED) is 0.608. The molecule has 6 heteroatoms. The molecule has 1 N–H and O–H groups in total. The topological polar surface area (TPSA) is 46.5 Å². The predicted molar refractivity (Wildman–Crippen MR) is 44.2 cm³/mol. The van der Waals surface area contributed by atoms with Gasteiger partial charge in [0.05, 0.1) is 5.56 Å². The van der Waals surface area contributed by atoms with Crippen molar-refractivity contribution in [1.82, 2.24) is 0 Å². The van der Waals surface area contributed by atoms with Crippen molar-refractivity contribution in [1.29, 1.82) is 0 Å². The number of halogens is 3. The Morgan fingerprint density at radius 3 is 2.60 bits per heavy atom. The van der Waals surface area contributed by atoms with Crippen LogP contribution in [0.5, 0.6) is 5.75 Å². The Morgan fingerprint density at radius 2 is 2.07 bits per heavy atom. The molecular weight excluding hydrogens is 213 g/mol. The molecule has 0 aromatic heterocycles. The van der Waals surface area contributed by atoms with Crippen LogP contribution in [0.4, 0.5) is 13.2 Å². The van der Waals surface area contributed by atoms with Gasteiger partial charge in [0, 0.05) is 0 Å². The number of hydrogen-bond acceptors (Lipinski definition) is 3. The fourth-order valence-corrected chi connectivity index (χ4v) is 0.900. The monoisotopic (exact) mass is 220 g/mol. The van der Waals surface area contributed by atoms with E-state index in [4.69, 9.17) is 5.11 Å². The van der Waals surface area contributed by atoms with Crippen molar-refractivity contribution >= 4 is 5.97 Å². The first kappa shape index (κ1) is 11.5. The van der Waals surface area contributed by atoms with Gasteiger partial charge in [-0.3, -0.25) is 0 Å². The van der Waals surface area contributed by atoms with E-state index in [1.807, 2.05) is 0 Å². The van der Waals surface area contributed by atoms with Crippen LogP contribution >= 0.6 is 0 Å². The van der Waals surface area contributed by atoms with Crippen LogP contribution < -0.4 is 4.74 Å². The number of benzene rings is 1. The van der Waals surface area contributed by atoms with Gasteiger partial charge in [0.2, 0.25) is 0 Å². The molecule has 3 nitrogen and oxygen atoms in total. The molecule has 0 amide bonds. The maximum absolute atomic E-state index is 12.2. The zero-order valence-corrected chi connectivity index (χ0v) is 7.41. The fourth-order valence-electron chi connectivity index (χ4n) is 0.900. The van der Waals surface area contributed by atoms with Crippen LogP contribution in [-0.2, 0) is 11.0 Å². The number of aliphatic hydroxyl groups excluding tert-OH is 1. The van der Waals surface area contributed by atoms with E-state index < -0.39 is 24.3 Å². The number of ether oxygens (including phenoxy) is 1. The third kappa shape index (κ3) is 3.25. The van der Waals surface area contributed by atoms with Gasteiger partial charge < -0.3 is 9.84 Å². The van der Waals surface area contributed by atoms with E-state index in [1.54, 1.807) is 0 Å². The lowest BCUT2D eigenvalue weighted by Gasteiger charge is -2.08. The zero-order valence-electron chi connectivity index (χ0n) is 7.41. The van der Waals surface area contributed by atoms with E-state index in [1.165, 1.54) is 6.07 Å². The second-order valence-corrected chi connectivity index (χ2v) is 2.66. The number of carbonyl (C=O) groups is 1. The highest BCUT2D eigenvalue weighted by molar-refractivity contribution is 5.73. The molecule has 0 aliphatic heterocycles. The second kappa shape index (κ2) is 4.31. The lowest BCUT2D eigenvalue weighted by molar-refractivity contribution is -0.140. The molecule has 0 radical (unpaired) electrons. The molecule has 0 bridgehead atoms. The number of esters is 1. The van der Waals surface area contributed by atoms with E-state index in [0.717, 1.165) is 12.1 Å². The first-order valence-electron chi connectivity index (χ1n) is 3.92. The Kier molecular flexibility index (Phi) is 3.31. The first-order valence-corrected chi connectivity index (χ1v) is 3.92. The maximum Gasteiger partial charge on any atom is 0.416 e.